The second-order valence-corrected chi connectivity index (χ2v) is 11.8. The highest BCUT2D eigenvalue weighted by Crippen LogP contribution is 2.60. The molecular formula is C22H28O2P2. The lowest BCUT2D eigenvalue weighted by Crippen LogP contribution is -2.31. The smallest absolute Gasteiger partial charge is 0.162 e. The van der Waals surface area contributed by atoms with Crippen molar-refractivity contribution in [3.05, 3.63) is 48.5 Å². The third-order valence-electron chi connectivity index (χ3n) is 5.21. The Morgan fingerprint density at radius 2 is 1.12 bits per heavy atom. The lowest BCUT2D eigenvalue weighted by atomic mass is 10.3. The first-order chi connectivity index (χ1) is 12.8. The summed E-state index contributed by atoms with van der Waals surface area (Å²) in [7, 11) is -0.633. The van der Waals surface area contributed by atoms with E-state index in [0.717, 1.165) is 11.5 Å². The molecule has 2 nitrogen and oxygen atoms in total. The molecule has 2 aromatic carbocycles. The van der Waals surface area contributed by atoms with Crippen LogP contribution >= 0.6 is 15.8 Å². The third-order valence-corrected chi connectivity index (χ3v) is 11.0. The van der Waals surface area contributed by atoms with Crippen molar-refractivity contribution in [2.75, 3.05) is 12.3 Å². The minimum absolute atomic E-state index is 0.212. The SMILES string of the molecule is CCCCP1c2ccccc2O[C@H]1[C@@H]1Oc2ccccc2[P@@]1CCCC. The molecule has 0 saturated heterocycles. The van der Waals surface area contributed by atoms with Gasteiger partial charge in [-0.25, -0.2) is 0 Å². The molecule has 4 heteroatoms. The molecule has 0 aromatic heterocycles. The van der Waals surface area contributed by atoms with Gasteiger partial charge in [0.1, 0.15) is 11.5 Å². The number of fused-ring (bicyclic) bond motifs is 2. The second kappa shape index (κ2) is 8.28. The van der Waals surface area contributed by atoms with Crippen LogP contribution in [0.4, 0.5) is 0 Å². The summed E-state index contributed by atoms with van der Waals surface area (Å²) >= 11 is 0. The number of benzene rings is 2. The van der Waals surface area contributed by atoms with Gasteiger partial charge in [-0.2, -0.15) is 0 Å². The van der Waals surface area contributed by atoms with E-state index in [1.54, 1.807) is 0 Å². The summed E-state index contributed by atoms with van der Waals surface area (Å²) in [5, 5.41) is 2.90. The fourth-order valence-corrected chi connectivity index (χ4v) is 10.2. The van der Waals surface area contributed by atoms with Crippen molar-refractivity contribution in [2.45, 2.75) is 51.2 Å². The van der Waals surface area contributed by atoms with Crippen LogP contribution in [-0.4, -0.2) is 24.0 Å². The Morgan fingerprint density at radius 3 is 1.54 bits per heavy atom. The maximum absolute atomic E-state index is 6.56. The van der Waals surface area contributed by atoms with Crippen molar-refractivity contribution in [1.29, 1.82) is 0 Å². The first-order valence-electron chi connectivity index (χ1n) is 9.88. The van der Waals surface area contributed by atoms with Crippen LogP contribution in [0.3, 0.4) is 0 Å². The largest absolute Gasteiger partial charge is 0.481 e. The Morgan fingerprint density at radius 1 is 0.692 bits per heavy atom. The Labute approximate surface area is 159 Å². The molecule has 0 spiro atoms. The molecule has 0 fully saturated rings. The van der Waals surface area contributed by atoms with E-state index >= 15 is 0 Å². The topological polar surface area (TPSA) is 18.5 Å². The molecule has 4 rings (SSSR count). The van der Waals surface area contributed by atoms with Gasteiger partial charge in [-0.1, -0.05) is 63.1 Å². The van der Waals surface area contributed by atoms with Crippen LogP contribution in [0.5, 0.6) is 11.5 Å². The summed E-state index contributed by atoms with van der Waals surface area (Å²) in [6, 6.07) is 17.4. The van der Waals surface area contributed by atoms with Crippen molar-refractivity contribution >= 4 is 26.5 Å². The predicted molar refractivity (Wildman–Crippen MR) is 114 cm³/mol. The van der Waals surface area contributed by atoms with Crippen molar-refractivity contribution in [1.82, 2.24) is 0 Å². The standard InChI is InChI=1S/C22H28O2P2/c1-3-5-15-25-19-13-9-7-11-17(19)23-21(25)22-24-18-12-8-10-14-20(18)26(22)16-6-4-2/h7-14,21-22H,3-6,15-16H2,1-2H3/t21-,22-,25-,26?/m1/s1. The van der Waals surface area contributed by atoms with Gasteiger partial charge in [0.15, 0.2) is 11.7 Å². The summed E-state index contributed by atoms with van der Waals surface area (Å²) < 4.78 is 13.1. The summed E-state index contributed by atoms with van der Waals surface area (Å²) in [6.45, 7) is 4.56. The Hall–Kier alpha value is -1.10. The number of ether oxygens (including phenoxy) is 2. The van der Waals surface area contributed by atoms with Crippen LogP contribution in [0.1, 0.15) is 39.5 Å². The van der Waals surface area contributed by atoms with Crippen LogP contribution in [0.15, 0.2) is 48.5 Å². The van der Waals surface area contributed by atoms with E-state index in [2.05, 4.69) is 62.4 Å². The van der Waals surface area contributed by atoms with Gasteiger partial charge < -0.3 is 9.47 Å². The van der Waals surface area contributed by atoms with Crippen molar-refractivity contribution in [2.24, 2.45) is 0 Å². The van der Waals surface area contributed by atoms with Crippen LogP contribution in [0, 0.1) is 0 Å². The van der Waals surface area contributed by atoms with Gasteiger partial charge in [0.05, 0.1) is 0 Å². The van der Waals surface area contributed by atoms with Gasteiger partial charge in [-0.05, 0) is 53.1 Å². The molecule has 0 bridgehead atoms. The summed E-state index contributed by atoms with van der Waals surface area (Å²) in [6.07, 6.45) is 7.52. The fourth-order valence-electron chi connectivity index (χ4n) is 3.83. The highest BCUT2D eigenvalue weighted by Gasteiger charge is 2.47. The number of hydrogen-bond donors (Lipinski definition) is 0. The Kier molecular flexibility index (Phi) is 5.82. The summed E-state index contributed by atoms with van der Waals surface area (Å²) in [4.78, 5) is 0. The predicted octanol–water partition coefficient (Wildman–Crippen LogP) is 5.64. The molecule has 2 aromatic rings. The fraction of sp³-hybridized carbons (Fsp3) is 0.455. The molecular weight excluding hydrogens is 358 g/mol. The molecule has 2 aliphatic rings. The molecule has 26 heavy (non-hydrogen) atoms. The maximum atomic E-state index is 6.56. The zero-order valence-electron chi connectivity index (χ0n) is 15.7. The van der Waals surface area contributed by atoms with Crippen molar-refractivity contribution in [3.63, 3.8) is 0 Å². The molecule has 0 amide bonds. The molecule has 4 atom stereocenters. The van der Waals surface area contributed by atoms with Gasteiger partial charge in [0.2, 0.25) is 0 Å². The first kappa shape index (κ1) is 18.3. The van der Waals surface area contributed by atoms with Crippen LogP contribution in [-0.2, 0) is 0 Å². The molecule has 2 aliphatic heterocycles. The van der Waals surface area contributed by atoms with E-state index in [0.29, 0.717) is 0 Å². The van der Waals surface area contributed by atoms with E-state index in [1.165, 1.54) is 48.6 Å². The zero-order valence-corrected chi connectivity index (χ0v) is 17.5. The average molecular weight is 386 g/mol. The monoisotopic (exact) mass is 386 g/mol. The van der Waals surface area contributed by atoms with Gasteiger partial charge in [0, 0.05) is 10.6 Å². The normalized spacial score (nSPS) is 26.1. The van der Waals surface area contributed by atoms with Gasteiger partial charge in [-0.3, -0.25) is 0 Å². The minimum atomic E-state index is -0.316. The third kappa shape index (κ3) is 3.39. The number of unbranched alkanes of at least 4 members (excludes halogenated alkanes) is 2. The van der Waals surface area contributed by atoms with E-state index in [4.69, 9.17) is 9.47 Å². The van der Waals surface area contributed by atoms with Crippen LogP contribution < -0.4 is 20.1 Å². The maximum Gasteiger partial charge on any atom is 0.162 e. The van der Waals surface area contributed by atoms with E-state index in [-0.39, 0.29) is 27.5 Å². The molecule has 0 N–H and O–H groups in total. The second-order valence-electron chi connectivity index (χ2n) is 7.05. The Balaban J connectivity index is 1.64. The van der Waals surface area contributed by atoms with Crippen molar-refractivity contribution in [3.8, 4) is 11.5 Å². The van der Waals surface area contributed by atoms with E-state index < -0.39 is 0 Å². The number of para-hydroxylation sites is 2. The molecule has 0 radical (unpaired) electrons. The van der Waals surface area contributed by atoms with Gasteiger partial charge >= 0.3 is 0 Å². The molecule has 0 aliphatic carbocycles. The van der Waals surface area contributed by atoms with Gasteiger partial charge in [0.25, 0.3) is 0 Å². The quantitative estimate of drug-likeness (QED) is 0.574. The highest BCUT2D eigenvalue weighted by molar-refractivity contribution is 7.71. The number of hydrogen-bond acceptors (Lipinski definition) is 2. The minimum Gasteiger partial charge on any atom is -0.481 e. The van der Waals surface area contributed by atoms with Crippen LogP contribution in [0.2, 0.25) is 0 Å². The lowest BCUT2D eigenvalue weighted by Gasteiger charge is -2.29. The van der Waals surface area contributed by atoms with E-state index in [9.17, 15) is 0 Å². The summed E-state index contributed by atoms with van der Waals surface area (Å²) in [5.41, 5.74) is 0. The first-order valence-corrected chi connectivity index (χ1v) is 13.1. The zero-order chi connectivity index (χ0) is 17.9. The van der Waals surface area contributed by atoms with Crippen LogP contribution in [0.25, 0.3) is 0 Å². The van der Waals surface area contributed by atoms with Crippen molar-refractivity contribution < 1.29 is 9.47 Å². The molecule has 138 valence electrons. The van der Waals surface area contributed by atoms with Gasteiger partial charge in [-0.15, -0.1) is 0 Å². The molecule has 2 heterocycles. The van der Waals surface area contributed by atoms with E-state index in [1.807, 2.05) is 0 Å². The molecule has 0 saturated carbocycles. The molecule has 1 unspecified atom stereocenters. The number of rotatable bonds is 7. The lowest BCUT2D eigenvalue weighted by molar-refractivity contribution is 0.173. The Bertz CT molecular complexity index is 685. The highest BCUT2D eigenvalue weighted by atomic mass is 31.1. The summed E-state index contributed by atoms with van der Waals surface area (Å²) in [5.74, 6) is 2.63. The average Bonchev–Trinajstić information content (AvgIpc) is 3.22.